The molecule has 9 heteroatoms. The molecule has 7 nitrogen and oxygen atoms in total. The lowest BCUT2D eigenvalue weighted by Gasteiger charge is -2.38. The van der Waals surface area contributed by atoms with Crippen LogP contribution in [0.25, 0.3) is 33.1 Å². The van der Waals surface area contributed by atoms with Gasteiger partial charge >= 0.3 is 0 Å². The number of fused-ring (bicyclic) bond motifs is 3. The number of nitrogens with zero attached hydrogens (tertiary/aromatic N) is 4. The molecule has 1 saturated heterocycles. The van der Waals surface area contributed by atoms with Crippen molar-refractivity contribution >= 4 is 39.4 Å². The van der Waals surface area contributed by atoms with E-state index in [1.807, 2.05) is 19.1 Å². The summed E-state index contributed by atoms with van der Waals surface area (Å²) in [4.78, 5) is 18.5. The van der Waals surface area contributed by atoms with Crippen molar-refractivity contribution in [3.05, 3.63) is 41.2 Å². The molecule has 4 heterocycles. The SMILES string of the molecule is Cc1ccc2[nH]cnc2c1-c1c(Cl)c2c3c(ncnc3c1F)N1C[C@@H](C)NC[C@H]1CO2. The number of nitrogens with one attached hydrogen (secondary N) is 2. The molecule has 2 aromatic carbocycles. The molecule has 2 aliphatic rings. The van der Waals surface area contributed by atoms with Gasteiger partial charge in [-0.1, -0.05) is 17.7 Å². The van der Waals surface area contributed by atoms with E-state index in [0.29, 0.717) is 34.6 Å². The molecule has 31 heavy (non-hydrogen) atoms. The maximum atomic E-state index is 16.1. The first-order valence-electron chi connectivity index (χ1n) is 10.3. The Morgan fingerprint density at radius 3 is 2.94 bits per heavy atom. The Kier molecular flexibility index (Phi) is 4.10. The topological polar surface area (TPSA) is 79.0 Å². The van der Waals surface area contributed by atoms with Crippen LogP contribution in [-0.2, 0) is 0 Å². The molecule has 0 saturated carbocycles. The zero-order chi connectivity index (χ0) is 21.3. The van der Waals surface area contributed by atoms with Crippen LogP contribution in [0.4, 0.5) is 10.2 Å². The average Bonchev–Trinajstić information content (AvgIpc) is 3.18. The first-order chi connectivity index (χ1) is 15.0. The number of hydrogen-bond donors (Lipinski definition) is 2. The van der Waals surface area contributed by atoms with Gasteiger partial charge < -0.3 is 19.9 Å². The number of hydrogen-bond acceptors (Lipinski definition) is 6. The van der Waals surface area contributed by atoms with E-state index in [2.05, 4.69) is 37.1 Å². The second kappa shape index (κ2) is 6.77. The third-order valence-electron chi connectivity index (χ3n) is 6.26. The average molecular weight is 439 g/mol. The van der Waals surface area contributed by atoms with Gasteiger partial charge in [0.1, 0.15) is 24.3 Å². The summed E-state index contributed by atoms with van der Waals surface area (Å²) < 4.78 is 22.3. The van der Waals surface area contributed by atoms with Gasteiger partial charge in [0.05, 0.1) is 33.8 Å². The molecule has 0 unspecified atom stereocenters. The van der Waals surface area contributed by atoms with Crippen molar-refractivity contribution in [3.63, 3.8) is 0 Å². The number of aromatic nitrogens is 4. The van der Waals surface area contributed by atoms with Gasteiger partial charge in [0.2, 0.25) is 0 Å². The number of halogens is 2. The van der Waals surface area contributed by atoms with Gasteiger partial charge in [0, 0.05) is 30.3 Å². The summed E-state index contributed by atoms with van der Waals surface area (Å²) in [7, 11) is 0. The number of rotatable bonds is 1. The van der Waals surface area contributed by atoms with Gasteiger partial charge in [-0.15, -0.1) is 0 Å². The second-order valence-electron chi connectivity index (χ2n) is 8.24. The molecule has 1 fully saturated rings. The molecular weight excluding hydrogens is 419 g/mol. The molecule has 2 aromatic heterocycles. The lowest BCUT2D eigenvalue weighted by atomic mass is 9.96. The molecule has 0 bridgehead atoms. The maximum absolute atomic E-state index is 16.1. The summed E-state index contributed by atoms with van der Waals surface area (Å²) in [5, 5.41) is 4.22. The summed E-state index contributed by atoms with van der Waals surface area (Å²) >= 11 is 6.88. The fraction of sp³-hybridized carbons (Fsp3) is 0.318. The molecule has 158 valence electrons. The highest BCUT2D eigenvalue weighted by Gasteiger charge is 2.35. The quantitative estimate of drug-likeness (QED) is 0.470. The lowest BCUT2D eigenvalue weighted by molar-refractivity contribution is 0.263. The van der Waals surface area contributed by atoms with E-state index in [-0.39, 0.29) is 28.2 Å². The van der Waals surface area contributed by atoms with Gasteiger partial charge in [-0.05, 0) is 25.5 Å². The highest BCUT2D eigenvalue weighted by Crippen LogP contribution is 2.49. The number of H-pyrrole nitrogens is 1. The summed E-state index contributed by atoms with van der Waals surface area (Å²) in [6.07, 6.45) is 3.01. The lowest BCUT2D eigenvalue weighted by Crippen LogP contribution is -2.57. The predicted octanol–water partition coefficient (Wildman–Crippen LogP) is 3.83. The smallest absolute Gasteiger partial charge is 0.159 e. The zero-order valence-electron chi connectivity index (χ0n) is 17.0. The van der Waals surface area contributed by atoms with Crippen molar-refractivity contribution in [1.29, 1.82) is 0 Å². The van der Waals surface area contributed by atoms with Crippen LogP contribution in [-0.4, -0.2) is 51.7 Å². The normalized spacial score (nSPS) is 20.6. The molecule has 4 aromatic rings. The van der Waals surface area contributed by atoms with Crippen LogP contribution in [0.2, 0.25) is 5.02 Å². The Morgan fingerprint density at radius 2 is 2.06 bits per heavy atom. The number of anilines is 1. The fourth-order valence-corrected chi connectivity index (χ4v) is 5.06. The predicted molar refractivity (Wildman–Crippen MR) is 118 cm³/mol. The molecule has 0 amide bonds. The molecule has 0 radical (unpaired) electrons. The van der Waals surface area contributed by atoms with Crippen LogP contribution in [0.1, 0.15) is 12.5 Å². The molecule has 6 rings (SSSR count). The number of aryl methyl sites for hydroxylation is 1. The van der Waals surface area contributed by atoms with Crippen LogP contribution < -0.4 is 15.0 Å². The van der Waals surface area contributed by atoms with E-state index >= 15 is 4.39 Å². The summed E-state index contributed by atoms with van der Waals surface area (Å²) in [6, 6.07) is 4.20. The molecule has 0 spiro atoms. The van der Waals surface area contributed by atoms with Crippen LogP contribution in [0, 0.1) is 12.7 Å². The highest BCUT2D eigenvalue weighted by atomic mass is 35.5. The van der Waals surface area contributed by atoms with Gasteiger partial charge in [0.25, 0.3) is 0 Å². The molecule has 0 aliphatic carbocycles. The van der Waals surface area contributed by atoms with E-state index in [4.69, 9.17) is 16.3 Å². The maximum Gasteiger partial charge on any atom is 0.159 e. The minimum Gasteiger partial charge on any atom is -0.489 e. The number of aromatic amines is 1. The Morgan fingerprint density at radius 1 is 1.19 bits per heavy atom. The van der Waals surface area contributed by atoms with Gasteiger partial charge in [-0.3, -0.25) is 0 Å². The molecular formula is C22H20ClFN6O. The van der Waals surface area contributed by atoms with Crippen molar-refractivity contribution in [2.75, 3.05) is 24.6 Å². The van der Waals surface area contributed by atoms with Gasteiger partial charge in [0.15, 0.2) is 11.6 Å². The molecule has 2 atom stereocenters. The van der Waals surface area contributed by atoms with Gasteiger partial charge in [-0.2, -0.15) is 0 Å². The summed E-state index contributed by atoms with van der Waals surface area (Å²) in [6.45, 7) is 5.94. The van der Waals surface area contributed by atoms with Crippen LogP contribution >= 0.6 is 11.6 Å². The van der Waals surface area contributed by atoms with E-state index in [1.54, 1.807) is 6.33 Å². The zero-order valence-corrected chi connectivity index (χ0v) is 17.8. The van der Waals surface area contributed by atoms with E-state index < -0.39 is 5.82 Å². The third-order valence-corrected chi connectivity index (χ3v) is 6.62. The first kappa shape index (κ1) is 18.8. The van der Waals surface area contributed by atoms with Crippen molar-refractivity contribution in [1.82, 2.24) is 25.3 Å². The third kappa shape index (κ3) is 2.64. The Balaban J connectivity index is 1.69. The summed E-state index contributed by atoms with van der Waals surface area (Å²) in [5.41, 5.74) is 3.44. The fourth-order valence-electron chi connectivity index (χ4n) is 4.73. The van der Waals surface area contributed by atoms with Gasteiger partial charge in [-0.25, -0.2) is 19.3 Å². The number of piperazine rings is 1. The summed E-state index contributed by atoms with van der Waals surface area (Å²) in [5.74, 6) is 0.604. The molecule has 2 N–H and O–H groups in total. The van der Waals surface area contributed by atoms with Crippen molar-refractivity contribution in [3.8, 4) is 16.9 Å². The van der Waals surface area contributed by atoms with Crippen molar-refractivity contribution in [2.45, 2.75) is 25.9 Å². The second-order valence-corrected chi connectivity index (χ2v) is 8.61. The highest BCUT2D eigenvalue weighted by molar-refractivity contribution is 6.37. The van der Waals surface area contributed by atoms with Crippen LogP contribution in [0.5, 0.6) is 5.75 Å². The Bertz CT molecular complexity index is 1360. The number of ether oxygens (including phenoxy) is 1. The number of imidazole rings is 1. The largest absolute Gasteiger partial charge is 0.489 e. The van der Waals surface area contributed by atoms with Crippen molar-refractivity contribution < 1.29 is 9.13 Å². The monoisotopic (exact) mass is 438 g/mol. The number of benzene rings is 2. The van der Waals surface area contributed by atoms with E-state index in [0.717, 1.165) is 24.2 Å². The Hall–Kier alpha value is -2.97. The minimum atomic E-state index is -0.490. The first-order valence-corrected chi connectivity index (χ1v) is 10.6. The Labute approximate surface area is 182 Å². The molecule has 2 aliphatic heterocycles. The minimum absolute atomic E-state index is 0.0702. The van der Waals surface area contributed by atoms with Crippen LogP contribution in [0.3, 0.4) is 0 Å². The standard InChI is InChI=1S/C22H20ClFN6O/c1-10-3-4-13-19(27-8-26-13)14(10)15-17(23)21-16-20(18(15)24)28-9-29-22(16)30-6-11(2)25-5-12(30)7-31-21/h3-4,8-9,11-12,25H,5-7H2,1-2H3,(H,26,27)/t11-,12+/m1/s1. The van der Waals surface area contributed by atoms with E-state index in [1.165, 1.54) is 6.33 Å². The van der Waals surface area contributed by atoms with Crippen molar-refractivity contribution in [2.24, 2.45) is 0 Å². The van der Waals surface area contributed by atoms with E-state index in [9.17, 15) is 0 Å². The van der Waals surface area contributed by atoms with Crippen LogP contribution in [0.15, 0.2) is 24.8 Å².